The van der Waals surface area contributed by atoms with Crippen LogP contribution in [0.2, 0.25) is 0 Å². The van der Waals surface area contributed by atoms with Crippen LogP contribution in [-0.2, 0) is 0 Å². The van der Waals surface area contributed by atoms with Gasteiger partial charge in [-0.1, -0.05) is 15.9 Å². The number of thioether (sulfide) groups is 1. The molecule has 1 heterocycles. The summed E-state index contributed by atoms with van der Waals surface area (Å²) in [6.07, 6.45) is 0. The molecular formula is C4H8BrNS. The molecule has 0 bridgehead atoms. The average molecular weight is 182 g/mol. The summed E-state index contributed by atoms with van der Waals surface area (Å²) in [5.74, 6) is 0. The minimum absolute atomic E-state index is 0.641. The first-order valence-corrected chi connectivity index (χ1v) is 4.18. The van der Waals surface area contributed by atoms with E-state index in [1.807, 2.05) is 11.8 Å². The Morgan fingerprint density at radius 1 is 1.86 bits per heavy atom. The molecule has 1 aliphatic rings. The Hall–Kier alpha value is 0.790. The van der Waals surface area contributed by atoms with Gasteiger partial charge in [-0.3, -0.25) is 0 Å². The van der Waals surface area contributed by atoms with Gasteiger partial charge in [-0.15, -0.1) is 11.8 Å². The number of hydrogen-bond acceptors (Lipinski definition) is 2. The van der Waals surface area contributed by atoms with Gasteiger partial charge in [0, 0.05) is 6.54 Å². The zero-order valence-corrected chi connectivity index (χ0v) is 6.55. The molecule has 1 N–H and O–H groups in total. The summed E-state index contributed by atoms with van der Waals surface area (Å²) in [5, 5.41) is 3.93. The van der Waals surface area contributed by atoms with E-state index in [1.165, 1.54) is 0 Å². The van der Waals surface area contributed by atoms with Crippen LogP contribution in [0.4, 0.5) is 0 Å². The van der Waals surface area contributed by atoms with Gasteiger partial charge in [-0.05, 0) is 6.92 Å². The Bertz CT molecular complexity index is 60.7. The second-order valence-electron chi connectivity index (χ2n) is 1.60. The second-order valence-corrected chi connectivity index (χ2v) is 4.86. The average Bonchev–Trinajstić information content (AvgIpc) is 1.87. The number of hydrogen-bond donors (Lipinski definition) is 1. The van der Waals surface area contributed by atoms with Crippen molar-refractivity contribution in [1.82, 2.24) is 5.32 Å². The van der Waals surface area contributed by atoms with Gasteiger partial charge in [0.15, 0.2) is 0 Å². The van der Waals surface area contributed by atoms with Crippen molar-refractivity contribution in [1.29, 1.82) is 0 Å². The summed E-state index contributed by atoms with van der Waals surface area (Å²) in [7, 11) is 0. The number of rotatable bonds is 0. The maximum atomic E-state index is 3.48. The molecule has 0 spiro atoms. The van der Waals surface area contributed by atoms with E-state index in [-0.39, 0.29) is 0 Å². The highest BCUT2D eigenvalue weighted by Gasteiger charge is 2.16. The van der Waals surface area contributed by atoms with Crippen molar-refractivity contribution >= 4 is 27.7 Å². The topological polar surface area (TPSA) is 12.0 Å². The van der Waals surface area contributed by atoms with Crippen LogP contribution in [0.25, 0.3) is 0 Å². The highest BCUT2D eigenvalue weighted by Crippen LogP contribution is 2.25. The van der Waals surface area contributed by atoms with Crippen molar-refractivity contribution in [2.24, 2.45) is 0 Å². The van der Waals surface area contributed by atoms with Gasteiger partial charge < -0.3 is 5.32 Å². The van der Waals surface area contributed by atoms with Crippen LogP contribution >= 0.6 is 27.7 Å². The van der Waals surface area contributed by atoms with Gasteiger partial charge in [-0.25, -0.2) is 0 Å². The first-order chi connectivity index (χ1) is 3.29. The monoisotopic (exact) mass is 181 g/mol. The maximum Gasteiger partial charge on any atom is 0.0740 e. The van der Waals surface area contributed by atoms with E-state index in [1.54, 1.807) is 0 Å². The zero-order valence-electron chi connectivity index (χ0n) is 4.15. The third-order valence-electron chi connectivity index (χ3n) is 0.918. The van der Waals surface area contributed by atoms with E-state index in [4.69, 9.17) is 0 Å². The third kappa shape index (κ3) is 1.63. The molecule has 0 aliphatic carbocycles. The number of alkyl halides is 1. The summed E-state index contributed by atoms with van der Waals surface area (Å²) >= 11 is 5.40. The lowest BCUT2D eigenvalue weighted by molar-refractivity contribution is 0.755. The molecule has 0 radical (unpaired) electrons. The largest absolute Gasteiger partial charge is 0.304 e. The van der Waals surface area contributed by atoms with E-state index in [0.29, 0.717) is 9.53 Å². The molecule has 1 rings (SSSR count). The molecule has 42 valence electrons. The Labute approximate surface area is 56.4 Å². The molecule has 0 aromatic heterocycles. The normalized spacial score (nSPS) is 42.0. The highest BCUT2D eigenvalue weighted by atomic mass is 79.9. The Morgan fingerprint density at radius 2 is 2.57 bits per heavy atom. The predicted octanol–water partition coefficient (Wildman–Crippen LogP) is 1.39. The van der Waals surface area contributed by atoms with Crippen LogP contribution in [0, 0.1) is 0 Å². The molecule has 7 heavy (non-hydrogen) atoms. The van der Waals surface area contributed by atoms with Gasteiger partial charge in [0.05, 0.1) is 9.53 Å². The van der Waals surface area contributed by atoms with E-state index in [0.717, 1.165) is 6.54 Å². The van der Waals surface area contributed by atoms with Crippen LogP contribution in [0.3, 0.4) is 0 Å². The minimum atomic E-state index is 0.641. The van der Waals surface area contributed by atoms with E-state index < -0.39 is 0 Å². The smallest absolute Gasteiger partial charge is 0.0740 e. The lowest BCUT2D eigenvalue weighted by atomic mass is 10.7. The van der Waals surface area contributed by atoms with E-state index in [9.17, 15) is 0 Å². The maximum absolute atomic E-state index is 3.48. The molecule has 2 unspecified atom stereocenters. The van der Waals surface area contributed by atoms with E-state index in [2.05, 4.69) is 28.2 Å². The van der Waals surface area contributed by atoms with Gasteiger partial charge in [0.2, 0.25) is 0 Å². The molecule has 1 nitrogen and oxygen atoms in total. The Kier molecular flexibility index (Phi) is 2.01. The van der Waals surface area contributed by atoms with Gasteiger partial charge in [0.1, 0.15) is 0 Å². The molecule has 3 heteroatoms. The van der Waals surface area contributed by atoms with Gasteiger partial charge in [-0.2, -0.15) is 0 Å². The van der Waals surface area contributed by atoms with Crippen LogP contribution < -0.4 is 5.32 Å². The van der Waals surface area contributed by atoms with Crippen molar-refractivity contribution < 1.29 is 0 Å². The van der Waals surface area contributed by atoms with Crippen molar-refractivity contribution in [2.45, 2.75) is 16.5 Å². The lowest BCUT2D eigenvalue weighted by Gasteiger charge is -1.95. The molecular weight excluding hydrogens is 174 g/mol. The van der Waals surface area contributed by atoms with E-state index >= 15 is 0 Å². The molecule has 1 aliphatic heterocycles. The van der Waals surface area contributed by atoms with Gasteiger partial charge in [0.25, 0.3) is 0 Å². The SMILES string of the molecule is CC1NCC(Br)S1. The minimum Gasteiger partial charge on any atom is -0.304 e. The quantitative estimate of drug-likeness (QED) is 0.568. The molecule has 0 aromatic rings. The summed E-state index contributed by atoms with van der Waals surface area (Å²) in [6, 6.07) is 0. The van der Waals surface area contributed by atoms with Crippen molar-refractivity contribution in [2.75, 3.05) is 6.54 Å². The Morgan fingerprint density at radius 3 is 2.71 bits per heavy atom. The standard InChI is InChI=1S/C4H8BrNS/c1-3-6-2-4(5)7-3/h3-4,6H,2H2,1H3. The van der Waals surface area contributed by atoms with Gasteiger partial charge >= 0.3 is 0 Å². The Balaban J connectivity index is 2.26. The van der Waals surface area contributed by atoms with Crippen molar-refractivity contribution in [3.8, 4) is 0 Å². The first kappa shape index (κ1) is 5.92. The second kappa shape index (κ2) is 2.37. The number of nitrogens with one attached hydrogen (secondary N) is 1. The third-order valence-corrected chi connectivity index (χ3v) is 2.93. The summed E-state index contributed by atoms with van der Waals surface area (Å²) in [6.45, 7) is 3.28. The van der Waals surface area contributed by atoms with Crippen LogP contribution in [0.5, 0.6) is 0 Å². The van der Waals surface area contributed by atoms with Crippen molar-refractivity contribution in [3.63, 3.8) is 0 Å². The summed E-state index contributed by atoms with van der Waals surface area (Å²) in [5.41, 5.74) is 0. The van der Waals surface area contributed by atoms with Crippen molar-refractivity contribution in [3.05, 3.63) is 0 Å². The molecule has 1 saturated heterocycles. The fraction of sp³-hybridized carbons (Fsp3) is 1.00. The zero-order chi connectivity index (χ0) is 5.28. The predicted molar refractivity (Wildman–Crippen MR) is 37.8 cm³/mol. The first-order valence-electron chi connectivity index (χ1n) is 2.32. The number of halogens is 1. The summed E-state index contributed by atoms with van der Waals surface area (Å²) in [4.78, 5) is 0. The molecule has 0 saturated carbocycles. The summed E-state index contributed by atoms with van der Waals surface area (Å²) < 4.78 is 0.641. The lowest BCUT2D eigenvalue weighted by Crippen LogP contribution is -2.15. The van der Waals surface area contributed by atoms with Crippen LogP contribution in [0.15, 0.2) is 0 Å². The molecule has 0 amide bonds. The molecule has 1 fully saturated rings. The molecule has 0 aromatic carbocycles. The van der Waals surface area contributed by atoms with Crippen LogP contribution in [-0.4, -0.2) is 16.1 Å². The molecule has 2 atom stereocenters. The highest BCUT2D eigenvalue weighted by molar-refractivity contribution is 9.11. The van der Waals surface area contributed by atoms with Crippen LogP contribution in [0.1, 0.15) is 6.92 Å². The fourth-order valence-corrected chi connectivity index (χ4v) is 2.56. The fourth-order valence-electron chi connectivity index (χ4n) is 0.576.